The smallest absolute Gasteiger partial charge is 0.365 e. The van der Waals surface area contributed by atoms with Gasteiger partial charge < -0.3 is 23.6 Å². The summed E-state index contributed by atoms with van der Waals surface area (Å²) < 4.78 is 34.8. The van der Waals surface area contributed by atoms with Gasteiger partial charge in [0.15, 0.2) is 0 Å². The molecule has 6 nitrogen and oxygen atoms in total. The summed E-state index contributed by atoms with van der Waals surface area (Å²) in [4.78, 5) is 0. The third-order valence-electron chi connectivity index (χ3n) is 3.82. The van der Waals surface area contributed by atoms with Gasteiger partial charge in [0.05, 0.1) is 26.4 Å². The molecule has 0 spiro atoms. The molecule has 2 aromatic rings. The second kappa shape index (κ2) is 5.89. The van der Waals surface area contributed by atoms with Crippen LogP contribution in [-0.2, 0) is 23.1 Å². The Bertz CT molecular complexity index is 748. The monoisotopic (exact) mass is 336 g/mol. The zero-order valence-corrected chi connectivity index (χ0v) is 13.3. The first kappa shape index (κ1) is 15.1. The van der Waals surface area contributed by atoms with E-state index in [1.165, 1.54) is 6.07 Å². The van der Waals surface area contributed by atoms with Gasteiger partial charge in [0.1, 0.15) is 23.3 Å². The molecular weight excluding hydrogens is 319 g/mol. The number of epoxide rings is 2. The maximum atomic E-state index is 13.4. The van der Waals surface area contributed by atoms with Crippen LogP contribution in [0.25, 0.3) is 10.8 Å². The van der Waals surface area contributed by atoms with Crippen LogP contribution in [0.5, 0.6) is 5.75 Å². The van der Waals surface area contributed by atoms with Gasteiger partial charge in [-0.25, -0.2) is 0 Å². The highest BCUT2D eigenvalue weighted by Crippen LogP contribution is 2.52. The highest BCUT2D eigenvalue weighted by Gasteiger charge is 2.38. The van der Waals surface area contributed by atoms with Gasteiger partial charge in [0.25, 0.3) is 0 Å². The minimum Gasteiger partial charge on any atom is -0.507 e. The van der Waals surface area contributed by atoms with Crippen molar-refractivity contribution in [1.29, 1.82) is 0 Å². The molecule has 0 aliphatic carbocycles. The number of benzene rings is 2. The Morgan fingerprint density at radius 2 is 1.65 bits per heavy atom. The van der Waals surface area contributed by atoms with Crippen molar-refractivity contribution in [1.82, 2.24) is 0 Å². The Hall–Kier alpha value is -1.43. The summed E-state index contributed by atoms with van der Waals surface area (Å²) in [6.07, 6.45) is -0.109. The molecule has 2 unspecified atom stereocenters. The molecule has 1 N–H and O–H groups in total. The number of ether oxygens (including phenoxy) is 2. The van der Waals surface area contributed by atoms with E-state index in [0.29, 0.717) is 18.6 Å². The Morgan fingerprint density at radius 3 is 2.26 bits per heavy atom. The second-order valence-corrected chi connectivity index (χ2v) is 7.61. The molecule has 23 heavy (non-hydrogen) atoms. The summed E-state index contributed by atoms with van der Waals surface area (Å²) in [7, 11) is -3.69. The highest BCUT2D eigenvalue weighted by atomic mass is 31.2. The Morgan fingerprint density at radius 1 is 1.04 bits per heavy atom. The van der Waals surface area contributed by atoms with Crippen LogP contribution >= 0.6 is 7.60 Å². The van der Waals surface area contributed by atoms with Crippen LogP contribution in [0.1, 0.15) is 0 Å². The van der Waals surface area contributed by atoms with Crippen LogP contribution in [-0.4, -0.2) is 43.7 Å². The Kier molecular flexibility index (Phi) is 3.87. The SMILES string of the molecule is O=P(OCC1CO1)(OCC1CO1)c1c(O)ccc2ccccc12. The first-order valence-electron chi connectivity index (χ1n) is 7.49. The van der Waals surface area contributed by atoms with Crippen molar-refractivity contribution in [3.8, 4) is 5.75 Å². The van der Waals surface area contributed by atoms with Crippen molar-refractivity contribution in [2.24, 2.45) is 0 Å². The fraction of sp³-hybridized carbons (Fsp3) is 0.375. The lowest BCUT2D eigenvalue weighted by Gasteiger charge is -2.20. The first-order valence-corrected chi connectivity index (χ1v) is 9.03. The number of hydrogen-bond acceptors (Lipinski definition) is 6. The van der Waals surface area contributed by atoms with E-state index < -0.39 is 7.60 Å². The lowest BCUT2D eigenvalue weighted by Crippen LogP contribution is -2.16. The second-order valence-electron chi connectivity index (χ2n) is 5.65. The van der Waals surface area contributed by atoms with Crippen molar-refractivity contribution in [3.05, 3.63) is 36.4 Å². The van der Waals surface area contributed by atoms with Crippen molar-refractivity contribution in [2.45, 2.75) is 12.2 Å². The standard InChI is InChI=1S/C16H17O6P/c17-15-6-5-11-3-1-2-4-14(11)16(15)23(18,21-9-12-7-19-12)22-10-13-8-20-13/h1-6,12-13,17H,7-10H2. The van der Waals surface area contributed by atoms with Crippen molar-refractivity contribution in [3.63, 3.8) is 0 Å². The number of phenols is 1. The van der Waals surface area contributed by atoms with E-state index in [2.05, 4.69) is 0 Å². The van der Waals surface area contributed by atoms with Gasteiger partial charge in [-0.05, 0) is 11.5 Å². The maximum Gasteiger partial charge on any atom is 0.365 e. The predicted molar refractivity (Wildman–Crippen MR) is 84.2 cm³/mol. The van der Waals surface area contributed by atoms with Gasteiger partial charge in [0, 0.05) is 5.39 Å². The number of hydrogen-bond donors (Lipinski definition) is 1. The quantitative estimate of drug-likeness (QED) is 0.617. The molecule has 2 heterocycles. The van der Waals surface area contributed by atoms with Crippen LogP contribution in [0.2, 0.25) is 0 Å². The van der Waals surface area contributed by atoms with Crippen molar-refractivity contribution >= 4 is 23.7 Å². The molecule has 0 bridgehead atoms. The molecule has 2 saturated heterocycles. The number of aromatic hydroxyl groups is 1. The van der Waals surface area contributed by atoms with Crippen LogP contribution < -0.4 is 5.30 Å². The highest BCUT2D eigenvalue weighted by molar-refractivity contribution is 7.63. The van der Waals surface area contributed by atoms with Crippen LogP contribution in [0.3, 0.4) is 0 Å². The zero-order chi connectivity index (χ0) is 15.9. The van der Waals surface area contributed by atoms with Gasteiger partial charge in [-0.2, -0.15) is 0 Å². The molecule has 122 valence electrons. The van der Waals surface area contributed by atoms with E-state index in [0.717, 1.165) is 5.39 Å². The molecule has 2 fully saturated rings. The molecule has 2 aliphatic rings. The third-order valence-corrected chi connectivity index (χ3v) is 5.81. The fourth-order valence-electron chi connectivity index (χ4n) is 2.39. The first-order chi connectivity index (χ1) is 11.2. The fourth-order valence-corrected chi connectivity index (χ4v) is 4.30. The van der Waals surface area contributed by atoms with E-state index in [1.54, 1.807) is 12.1 Å². The van der Waals surface area contributed by atoms with Gasteiger partial charge in [-0.3, -0.25) is 4.57 Å². The minimum atomic E-state index is -3.69. The van der Waals surface area contributed by atoms with Crippen LogP contribution in [0.15, 0.2) is 36.4 Å². The predicted octanol–water partition coefficient (Wildman–Crippen LogP) is 2.19. The molecule has 0 saturated carbocycles. The summed E-state index contributed by atoms with van der Waals surface area (Å²) in [5.74, 6) is -0.0968. The average molecular weight is 336 g/mol. The largest absolute Gasteiger partial charge is 0.507 e. The Labute approximate surface area is 133 Å². The van der Waals surface area contributed by atoms with Gasteiger partial charge >= 0.3 is 7.60 Å². The topological polar surface area (TPSA) is 80.8 Å². The molecular formula is C16H17O6P. The summed E-state index contributed by atoms with van der Waals surface area (Å²) in [5, 5.41) is 12.0. The van der Waals surface area contributed by atoms with Crippen molar-refractivity contribution < 1.29 is 28.2 Å². The average Bonchev–Trinajstić information content (AvgIpc) is 3.46. The summed E-state index contributed by atoms with van der Waals surface area (Å²) >= 11 is 0. The zero-order valence-electron chi connectivity index (χ0n) is 12.4. The van der Waals surface area contributed by atoms with E-state index in [9.17, 15) is 9.67 Å². The normalized spacial score (nSPS) is 25.2. The molecule has 0 radical (unpaired) electrons. The molecule has 0 amide bonds. The molecule has 0 aromatic heterocycles. The van der Waals surface area contributed by atoms with Gasteiger partial charge in [-0.15, -0.1) is 0 Å². The number of fused-ring (bicyclic) bond motifs is 1. The lowest BCUT2D eigenvalue weighted by molar-refractivity contribution is 0.184. The molecule has 2 atom stereocenters. The molecule has 2 aromatic carbocycles. The Balaban J connectivity index is 1.74. The van der Waals surface area contributed by atoms with E-state index >= 15 is 0 Å². The van der Waals surface area contributed by atoms with E-state index in [1.807, 2.05) is 18.2 Å². The third kappa shape index (κ3) is 3.27. The molecule has 4 rings (SSSR count). The van der Waals surface area contributed by atoms with E-state index in [-0.39, 0.29) is 36.5 Å². The lowest BCUT2D eigenvalue weighted by atomic mass is 10.1. The number of rotatable bonds is 7. The minimum absolute atomic E-state index is 0.0544. The van der Waals surface area contributed by atoms with E-state index in [4.69, 9.17) is 18.5 Å². The summed E-state index contributed by atoms with van der Waals surface area (Å²) in [6.45, 7) is 1.53. The molecule has 2 aliphatic heterocycles. The van der Waals surface area contributed by atoms with Gasteiger partial charge in [-0.1, -0.05) is 30.3 Å². The summed E-state index contributed by atoms with van der Waals surface area (Å²) in [5.41, 5.74) is 0. The van der Waals surface area contributed by atoms with Crippen LogP contribution in [0.4, 0.5) is 0 Å². The summed E-state index contributed by atoms with van der Waals surface area (Å²) in [6, 6.07) is 10.7. The molecule has 7 heteroatoms. The number of phenolic OH excluding ortho intramolecular Hbond substituents is 1. The van der Waals surface area contributed by atoms with Gasteiger partial charge in [0.2, 0.25) is 0 Å². The van der Waals surface area contributed by atoms with Crippen LogP contribution in [0, 0.1) is 0 Å². The maximum absolute atomic E-state index is 13.4. The van der Waals surface area contributed by atoms with Crippen molar-refractivity contribution in [2.75, 3.05) is 26.4 Å².